The highest BCUT2D eigenvalue weighted by molar-refractivity contribution is 6.57. The third-order valence-electron chi connectivity index (χ3n) is 2.63. The molecule has 0 N–H and O–H groups in total. The summed E-state index contributed by atoms with van der Waals surface area (Å²) in [5.74, 6) is -0.115. The summed E-state index contributed by atoms with van der Waals surface area (Å²) in [6.07, 6.45) is 1.61. The van der Waals surface area contributed by atoms with Crippen molar-refractivity contribution in [2.24, 2.45) is 5.41 Å². The van der Waals surface area contributed by atoms with E-state index < -0.39 is 9.28 Å². The van der Waals surface area contributed by atoms with Crippen molar-refractivity contribution >= 4 is 34.8 Å². The minimum atomic E-state index is -1.15. The van der Waals surface area contributed by atoms with Crippen molar-refractivity contribution in [1.82, 2.24) is 0 Å². The van der Waals surface area contributed by atoms with Gasteiger partial charge in [0.15, 0.2) is 0 Å². The number of ether oxygens (including phenoxy) is 1. The van der Waals surface area contributed by atoms with Crippen molar-refractivity contribution in [2.75, 3.05) is 6.61 Å². The molecule has 0 spiro atoms. The van der Waals surface area contributed by atoms with Gasteiger partial charge >= 0.3 is 15.3 Å². The highest BCUT2D eigenvalue weighted by Gasteiger charge is 2.27. The van der Waals surface area contributed by atoms with E-state index in [0.29, 0.717) is 26.1 Å². The van der Waals surface area contributed by atoms with Gasteiger partial charge in [-0.05, 0) is 45.8 Å². The predicted octanol–water partition coefficient (Wildman–Crippen LogP) is 2.21. The lowest BCUT2D eigenvalue weighted by atomic mass is 9.91. The Balaban J connectivity index is 3.80. The molecule has 0 aliphatic heterocycles. The summed E-state index contributed by atoms with van der Waals surface area (Å²) in [6.45, 7) is 10.3. The van der Waals surface area contributed by atoms with E-state index in [-0.39, 0.29) is 11.4 Å². The molecule has 103 valence electrons. The van der Waals surface area contributed by atoms with Crippen molar-refractivity contribution in [2.45, 2.75) is 52.8 Å². The van der Waals surface area contributed by atoms with E-state index in [0.717, 1.165) is 18.9 Å². The summed E-state index contributed by atoms with van der Waals surface area (Å²) in [7, 11) is -0.225. The van der Waals surface area contributed by atoms with Crippen LogP contribution in [0.2, 0.25) is 19.1 Å². The summed E-state index contributed by atoms with van der Waals surface area (Å²) >= 11 is 0. The Morgan fingerprint density at radius 1 is 1.22 bits per heavy atom. The minimum Gasteiger partial charge on any atom is -0.465 e. The van der Waals surface area contributed by atoms with Crippen LogP contribution in [0, 0.1) is 5.41 Å². The molecular weight excluding hydrogens is 280 g/mol. The van der Waals surface area contributed by atoms with Crippen molar-refractivity contribution in [1.29, 1.82) is 0 Å². The van der Waals surface area contributed by atoms with Gasteiger partial charge in [0.25, 0.3) is 0 Å². The van der Waals surface area contributed by atoms with E-state index in [1.165, 1.54) is 0 Å². The fourth-order valence-corrected chi connectivity index (χ4v) is 4.68. The second-order valence-corrected chi connectivity index (χ2v) is 8.15. The van der Waals surface area contributed by atoms with Gasteiger partial charge in [0.1, 0.15) is 0 Å². The van der Waals surface area contributed by atoms with Crippen LogP contribution in [0.3, 0.4) is 0 Å². The average molecular weight is 304 g/mol. The first-order valence-corrected chi connectivity index (χ1v) is 10.5. The zero-order chi connectivity index (χ0) is 14.0. The van der Waals surface area contributed by atoms with Crippen molar-refractivity contribution in [3.8, 4) is 0 Å². The average Bonchev–Trinajstić information content (AvgIpc) is 2.34. The first kappa shape index (κ1) is 18.0. The molecule has 0 saturated heterocycles. The third kappa shape index (κ3) is 7.47. The molecule has 7 heteroatoms. The monoisotopic (exact) mass is 303 g/mol. The lowest BCUT2D eigenvalue weighted by Gasteiger charge is -2.20. The molecule has 0 atom stereocenters. The van der Waals surface area contributed by atoms with E-state index in [9.17, 15) is 4.79 Å². The van der Waals surface area contributed by atoms with E-state index >= 15 is 0 Å². The summed E-state index contributed by atoms with van der Waals surface area (Å²) in [6, 6.07) is 0.867. The quantitative estimate of drug-likeness (QED) is 0.353. The highest BCUT2D eigenvalue weighted by Crippen LogP contribution is 2.21. The normalized spacial score (nSPS) is 11.9. The molecule has 0 heterocycles. The summed E-state index contributed by atoms with van der Waals surface area (Å²) in [4.78, 5) is 11.7. The second kappa shape index (κ2) is 9.90. The number of hydrogen-bond donors (Lipinski definition) is 0. The molecule has 0 aliphatic rings. The fourth-order valence-electron chi connectivity index (χ4n) is 1.07. The van der Waals surface area contributed by atoms with Crippen molar-refractivity contribution < 1.29 is 17.8 Å². The molecule has 0 amide bonds. The van der Waals surface area contributed by atoms with Gasteiger partial charge in [-0.3, -0.25) is 4.79 Å². The van der Waals surface area contributed by atoms with Crippen molar-refractivity contribution in [3.05, 3.63) is 0 Å². The Bertz CT molecular complexity index is 230. The van der Waals surface area contributed by atoms with Gasteiger partial charge in [0.05, 0.1) is 12.0 Å². The molecule has 0 aromatic heterocycles. The van der Waals surface area contributed by atoms with Gasteiger partial charge in [-0.25, -0.2) is 0 Å². The number of hydrogen-bond acceptors (Lipinski definition) is 4. The fraction of sp³-hybridized carbons (Fsp3) is 0.909. The van der Waals surface area contributed by atoms with Crippen molar-refractivity contribution in [3.63, 3.8) is 0 Å². The van der Waals surface area contributed by atoms with Crippen LogP contribution < -0.4 is 0 Å². The lowest BCUT2D eigenvalue weighted by molar-refractivity contribution is -0.154. The maximum Gasteiger partial charge on any atom is 0.362 e. The van der Waals surface area contributed by atoms with Gasteiger partial charge in [0.2, 0.25) is 19.5 Å². The summed E-state index contributed by atoms with van der Waals surface area (Å²) in [5.41, 5.74) is -0.379. The van der Waals surface area contributed by atoms with Gasteiger partial charge < -0.3 is 13.0 Å². The minimum absolute atomic E-state index is 0.115. The third-order valence-corrected chi connectivity index (χ3v) is 6.84. The van der Waals surface area contributed by atoms with Gasteiger partial charge in [-0.15, -0.1) is 0 Å². The van der Waals surface area contributed by atoms with E-state index in [4.69, 9.17) is 13.0 Å². The molecular formula is C11H23O4Si3. The zero-order valence-corrected chi connectivity index (χ0v) is 15.0. The van der Waals surface area contributed by atoms with Crippen LogP contribution in [-0.4, -0.2) is 41.4 Å². The number of esters is 1. The number of carbonyl (C=O) groups is 1. The molecule has 0 unspecified atom stereocenters. The molecule has 0 aromatic carbocycles. The molecule has 4 nitrogen and oxygen atoms in total. The maximum atomic E-state index is 11.7. The Kier molecular flexibility index (Phi) is 9.93. The van der Waals surface area contributed by atoms with E-state index in [1.54, 1.807) is 0 Å². The van der Waals surface area contributed by atoms with Crippen LogP contribution in [-0.2, 0) is 17.8 Å². The topological polar surface area (TPSA) is 44.8 Å². The first-order valence-electron chi connectivity index (χ1n) is 6.18. The molecule has 0 saturated carbocycles. The Morgan fingerprint density at radius 2 is 1.78 bits per heavy atom. The molecule has 18 heavy (non-hydrogen) atoms. The van der Waals surface area contributed by atoms with Crippen LogP contribution in [0.1, 0.15) is 33.6 Å². The zero-order valence-electron chi connectivity index (χ0n) is 12.0. The van der Waals surface area contributed by atoms with Crippen LogP contribution in [0.5, 0.6) is 0 Å². The number of carbonyl (C=O) groups excluding carboxylic acids is 1. The highest BCUT2D eigenvalue weighted by atomic mass is 28.4. The van der Waals surface area contributed by atoms with Gasteiger partial charge in [0, 0.05) is 0 Å². The van der Waals surface area contributed by atoms with Crippen LogP contribution in [0.4, 0.5) is 0 Å². The standard InChI is InChI=1S/C11H23O4Si3/c1-6-11(2,3)10(12)13-8-7-9-18(14-16-4)15-17-5/h6-9H2,1-5H3. The maximum absolute atomic E-state index is 11.7. The molecule has 0 aliphatic carbocycles. The Labute approximate surface area is 118 Å². The molecule has 5 radical (unpaired) electrons. The summed E-state index contributed by atoms with van der Waals surface area (Å²) < 4.78 is 16.4. The Morgan fingerprint density at radius 3 is 2.22 bits per heavy atom. The second-order valence-electron chi connectivity index (χ2n) is 4.46. The smallest absolute Gasteiger partial charge is 0.362 e. The Hall–Kier alpha value is 0.0406. The number of rotatable bonds is 10. The predicted molar refractivity (Wildman–Crippen MR) is 75.6 cm³/mol. The molecule has 0 rings (SSSR count). The largest absolute Gasteiger partial charge is 0.465 e. The SMILES string of the molecule is CCC(C)(C)C(=O)OCCC[Si](O[Si]C)O[Si]C. The van der Waals surface area contributed by atoms with Gasteiger partial charge in [-0.1, -0.05) is 6.92 Å². The molecule has 0 fully saturated rings. The summed E-state index contributed by atoms with van der Waals surface area (Å²) in [5, 5.41) is 0. The molecule has 0 bridgehead atoms. The first-order chi connectivity index (χ1) is 8.47. The van der Waals surface area contributed by atoms with E-state index in [1.807, 2.05) is 33.9 Å². The van der Waals surface area contributed by atoms with Crippen LogP contribution in [0.25, 0.3) is 0 Å². The van der Waals surface area contributed by atoms with Crippen LogP contribution >= 0.6 is 0 Å². The lowest BCUT2D eigenvalue weighted by Crippen LogP contribution is -2.28. The molecule has 0 aromatic rings. The van der Waals surface area contributed by atoms with E-state index in [2.05, 4.69) is 0 Å². The van der Waals surface area contributed by atoms with Crippen LogP contribution in [0.15, 0.2) is 0 Å². The van der Waals surface area contributed by atoms with Gasteiger partial charge in [-0.2, -0.15) is 0 Å².